The summed E-state index contributed by atoms with van der Waals surface area (Å²) in [6.45, 7) is 3.97. The van der Waals surface area contributed by atoms with E-state index in [4.69, 9.17) is 10.2 Å². The zero-order valence-electron chi connectivity index (χ0n) is 10.9. The molecule has 0 bridgehead atoms. The third-order valence-electron chi connectivity index (χ3n) is 3.15. The smallest absolute Gasteiger partial charge is 0.127 e. The van der Waals surface area contributed by atoms with E-state index in [1.54, 1.807) is 10.9 Å². The molecule has 3 rings (SSSR count). The Hall–Kier alpha value is -2.49. The van der Waals surface area contributed by atoms with Crippen molar-refractivity contribution in [1.82, 2.24) is 9.78 Å². The van der Waals surface area contributed by atoms with Crippen LogP contribution >= 0.6 is 0 Å². The van der Waals surface area contributed by atoms with Crippen molar-refractivity contribution in [3.63, 3.8) is 0 Å². The van der Waals surface area contributed by atoms with Gasteiger partial charge in [0.2, 0.25) is 0 Å². The number of rotatable bonds is 2. The molecule has 0 aliphatic rings. The fourth-order valence-electron chi connectivity index (χ4n) is 2.07. The van der Waals surface area contributed by atoms with Crippen LogP contribution in [-0.4, -0.2) is 9.78 Å². The lowest BCUT2D eigenvalue weighted by atomic mass is 10.2. The molecule has 0 spiro atoms. The number of anilines is 1. The minimum atomic E-state index is 0.611. The van der Waals surface area contributed by atoms with Crippen LogP contribution in [-0.2, 0) is 0 Å². The molecule has 4 nitrogen and oxygen atoms in total. The average molecular weight is 253 g/mol. The summed E-state index contributed by atoms with van der Waals surface area (Å²) < 4.78 is 7.04. The molecule has 0 fully saturated rings. The Morgan fingerprint density at radius 3 is 2.47 bits per heavy atom. The highest BCUT2D eigenvalue weighted by molar-refractivity contribution is 5.65. The first-order chi connectivity index (χ1) is 9.15. The monoisotopic (exact) mass is 253 g/mol. The molecule has 2 aromatic heterocycles. The first kappa shape index (κ1) is 11.6. The van der Waals surface area contributed by atoms with Crippen molar-refractivity contribution in [2.45, 2.75) is 13.8 Å². The third kappa shape index (κ3) is 2.01. The number of nitrogens with zero attached hydrogens (tertiary/aromatic N) is 2. The predicted molar refractivity (Wildman–Crippen MR) is 75.2 cm³/mol. The van der Waals surface area contributed by atoms with Crippen LogP contribution in [0.15, 0.2) is 47.1 Å². The average Bonchev–Trinajstić information content (AvgIpc) is 2.96. The number of benzene rings is 1. The van der Waals surface area contributed by atoms with Gasteiger partial charge in [0.15, 0.2) is 0 Å². The second-order valence-electron chi connectivity index (χ2n) is 4.59. The summed E-state index contributed by atoms with van der Waals surface area (Å²) in [7, 11) is 0. The molecule has 0 unspecified atom stereocenters. The summed E-state index contributed by atoms with van der Waals surface area (Å²) in [4.78, 5) is 0. The summed E-state index contributed by atoms with van der Waals surface area (Å²) in [5.41, 5.74) is 9.99. The molecular formula is C15H15N3O. The second-order valence-corrected chi connectivity index (χ2v) is 4.59. The van der Waals surface area contributed by atoms with Crippen LogP contribution < -0.4 is 5.73 Å². The first-order valence-corrected chi connectivity index (χ1v) is 6.12. The van der Waals surface area contributed by atoms with Crippen molar-refractivity contribution in [1.29, 1.82) is 0 Å². The molecule has 0 amide bonds. The van der Waals surface area contributed by atoms with E-state index in [2.05, 4.69) is 12.0 Å². The lowest BCUT2D eigenvalue weighted by molar-refractivity contribution is 0.535. The second kappa shape index (κ2) is 4.31. The van der Waals surface area contributed by atoms with Gasteiger partial charge in [0.05, 0.1) is 17.6 Å². The van der Waals surface area contributed by atoms with Crippen molar-refractivity contribution in [3.8, 4) is 16.9 Å². The predicted octanol–water partition coefficient (Wildman–Crippen LogP) is 3.33. The molecule has 4 heteroatoms. The Morgan fingerprint density at radius 1 is 1.11 bits per heavy atom. The molecule has 0 saturated carbocycles. The van der Waals surface area contributed by atoms with Crippen molar-refractivity contribution >= 4 is 5.82 Å². The topological polar surface area (TPSA) is 57.0 Å². The Morgan fingerprint density at radius 2 is 1.84 bits per heavy atom. The maximum absolute atomic E-state index is 6.04. The van der Waals surface area contributed by atoms with E-state index in [0.29, 0.717) is 5.82 Å². The quantitative estimate of drug-likeness (QED) is 0.762. The minimum Gasteiger partial charge on any atom is -0.469 e. The molecule has 0 saturated heterocycles. The number of furan rings is 1. The van der Waals surface area contributed by atoms with Gasteiger partial charge in [0.1, 0.15) is 11.6 Å². The molecule has 2 heterocycles. The fourth-order valence-corrected chi connectivity index (χ4v) is 2.07. The molecule has 3 aromatic rings. The Kier molecular flexibility index (Phi) is 2.63. The van der Waals surface area contributed by atoms with Crippen LogP contribution in [0.4, 0.5) is 5.82 Å². The number of hydrogen-bond donors (Lipinski definition) is 1. The molecule has 0 aliphatic carbocycles. The fraction of sp³-hybridized carbons (Fsp3) is 0.133. The molecular weight excluding hydrogens is 238 g/mol. The molecule has 0 radical (unpaired) electrons. The Balaban J connectivity index is 2.07. The van der Waals surface area contributed by atoms with E-state index in [1.165, 1.54) is 5.56 Å². The zero-order valence-corrected chi connectivity index (χ0v) is 10.9. The lowest BCUT2D eigenvalue weighted by Gasteiger charge is -2.03. The van der Waals surface area contributed by atoms with E-state index >= 15 is 0 Å². The molecule has 96 valence electrons. The van der Waals surface area contributed by atoms with Crippen LogP contribution in [0.1, 0.15) is 11.3 Å². The van der Waals surface area contributed by atoms with Crippen LogP contribution in [0.2, 0.25) is 0 Å². The Labute approximate surface area is 111 Å². The van der Waals surface area contributed by atoms with Crippen molar-refractivity contribution in [2.24, 2.45) is 0 Å². The van der Waals surface area contributed by atoms with Crippen molar-refractivity contribution in [2.75, 3.05) is 5.73 Å². The summed E-state index contributed by atoms with van der Waals surface area (Å²) in [5.74, 6) is 1.45. The van der Waals surface area contributed by atoms with Gasteiger partial charge in [0.25, 0.3) is 0 Å². The molecule has 19 heavy (non-hydrogen) atoms. The van der Waals surface area contributed by atoms with Crippen LogP contribution in [0.5, 0.6) is 0 Å². The van der Waals surface area contributed by atoms with Gasteiger partial charge in [0, 0.05) is 11.6 Å². The van der Waals surface area contributed by atoms with E-state index < -0.39 is 0 Å². The number of hydrogen-bond acceptors (Lipinski definition) is 3. The highest BCUT2D eigenvalue weighted by Crippen LogP contribution is 2.26. The van der Waals surface area contributed by atoms with Gasteiger partial charge in [-0.2, -0.15) is 5.10 Å². The number of nitrogen functional groups attached to an aromatic ring is 1. The van der Waals surface area contributed by atoms with Gasteiger partial charge in [-0.3, -0.25) is 0 Å². The van der Waals surface area contributed by atoms with Gasteiger partial charge in [-0.15, -0.1) is 0 Å². The highest BCUT2D eigenvalue weighted by Gasteiger charge is 2.12. The van der Waals surface area contributed by atoms with E-state index in [0.717, 1.165) is 22.7 Å². The third-order valence-corrected chi connectivity index (χ3v) is 3.15. The first-order valence-electron chi connectivity index (χ1n) is 6.12. The SMILES string of the molecule is Cc1ccc(-n2nc(-c3ccoc3C)cc2N)cc1. The molecule has 0 atom stereocenters. The van der Waals surface area contributed by atoms with Crippen molar-refractivity contribution < 1.29 is 4.42 Å². The lowest BCUT2D eigenvalue weighted by Crippen LogP contribution is -2.01. The van der Waals surface area contributed by atoms with E-state index in [1.807, 2.05) is 43.3 Å². The highest BCUT2D eigenvalue weighted by atomic mass is 16.3. The van der Waals surface area contributed by atoms with Crippen LogP contribution in [0.25, 0.3) is 16.9 Å². The van der Waals surface area contributed by atoms with E-state index in [-0.39, 0.29) is 0 Å². The normalized spacial score (nSPS) is 10.8. The van der Waals surface area contributed by atoms with Gasteiger partial charge in [-0.1, -0.05) is 17.7 Å². The van der Waals surface area contributed by atoms with Gasteiger partial charge >= 0.3 is 0 Å². The number of aryl methyl sites for hydroxylation is 2. The summed E-state index contributed by atoms with van der Waals surface area (Å²) >= 11 is 0. The van der Waals surface area contributed by atoms with Gasteiger partial charge in [-0.05, 0) is 32.0 Å². The Bertz CT molecular complexity index is 707. The summed E-state index contributed by atoms with van der Waals surface area (Å²) in [5, 5.41) is 4.54. The standard InChI is InChI=1S/C15H15N3O/c1-10-3-5-12(6-4-10)18-15(16)9-14(17-18)13-7-8-19-11(13)2/h3-9H,16H2,1-2H3. The van der Waals surface area contributed by atoms with Gasteiger partial charge in [-0.25, -0.2) is 4.68 Å². The summed E-state index contributed by atoms with van der Waals surface area (Å²) in [6.07, 6.45) is 1.66. The minimum absolute atomic E-state index is 0.611. The zero-order chi connectivity index (χ0) is 13.4. The van der Waals surface area contributed by atoms with Crippen LogP contribution in [0, 0.1) is 13.8 Å². The maximum atomic E-state index is 6.04. The van der Waals surface area contributed by atoms with Crippen LogP contribution in [0.3, 0.4) is 0 Å². The number of nitrogens with two attached hydrogens (primary N) is 1. The summed E-state index contributed by atoms with van der Waals surface area (Å²) in [6, 6.07) is 11.8. The van der Waals surface area contributed by atoms with Gasteiger partial charge < -0.3 is 10.2 Å². The molecule has 1 aromatic carbocycles. The number of aromatic nitrogens is 2. The molecule has 0 aliphatic heterocycles. The largest absolute Gasteiger partial charge is 0.469 e. The molecule has 2 N–H and O–H groups in total. The maximum Gasteiger partial charge on any atom is 0.127 e. The van der Waals surface area contributed by atoms with E-state index in [9.17, 15) is 0 Å². The van der Waals surface area contributed by atoms with Crippen molar-refractivity contribution in [3.05, 3.63) is 54.0 Å².